The van der Waals surface area contributed by atoms with Crippen molar-refractivity contribution in [1.29, 1.82) is 5.26 Å². The van der Waals surface area contributed by atoms with Gasteiger partial charge in [0.05, 0.1) is 30.2 Å². The smallest absolute Gasteiger partial charge is 0.255 e. The molecule has 0 saturated heterocycles. The third-order valence-electron chi connectivity index (χ3n) is 2.74. The van der Waals surface area contributed by atoms with Crippen LogP contribution in [0.5, 0.6) is 0 Å². The molecule has 0 unspecified atom stereocenters. The standard InChI is InChI=1S/C16H20N4O/c1-13(2)12-20(10-4-8-18)16(21)15-6-9-19-11-14(15)5-3-7-17/h6,9,11,13H,4,7,10,12,17H2,1-2H3. The zero-order chi connectivity index (χ0) is 15.7. The molecule has 0 aliphatic rings. The first-order valence-corrected chi connectivity index (χ1v) is 6.89. The van der Waals surface area contributed by atoms with E-state index in [9.17, 15) is 4.79 Å². The summed E-state index contributed by atoms with van der Waals surface area (Å²) in [6.07, 6.45) is 3.44. The van der Waals surface area contributed by atoms with Gasteiger partial charge in [0.25, 0.3) is 5.91 Å². The molecular formula is C16H20N4O. The van der Waals surface area contributed by atoms with Crippen molar-refractivity contribution in [2.75, 3.05) is 19.6 Å². The Kier molecular flexibility index (Phi) is 6.94. The average molecular weight is 284 g/mol. The lowest BCUT2D eigenvalue weighted by molar-refractivity contribution is 0.0739. The Balaban J connectivity index is 3.05. The number of carbonyl (C=O) groups excluding carboxylic acids is 1. The summed E-state index contributed by atoms with van der Waals surface area (Å²) in [7, 11) is 0. The average Bonchev–Trinajstić information content (AvgIpc) is 2.48. The van der Waals surface area contributed by atoms with Crippen LogP contribution in [0.3, 0.4) is 0 Å². The lowest BCUT2D eigenvalue weighted by Gasteiger charge is -2.24. The van der Waals surface area contributed by atoms with Crippen LogP contribution < -0.4 is 5.73 Å². The van der Waals surface area contributed by atoms with Crippen LogP contribution in [0.25, 0.3) is 0 Å². The molecule has 5 nitrogen and oxygen atoms in total. The zero-order valence-corrected chi connectivity index (χ0v) is 12.5. The molecule has 1 heterocycles. The number of aromatic nitrogens is 1. The molecule has 0 saturated carbocycles. The maximum Gasteiger partial charge on any atom is 0.255 e. The predicted molar refractivity (Wildman–Crippen MR) is 81.1 cm³/mol. The van der Waals surface area contributed by atoms with E-state index in [1.807, 2.05) is 13.8 Å². The number of nitriles is 1. The molecule has 21 heavy (non-hydrogen) atoms. The van der Waals surface area contributed by atoms with Gasteiger partial charge in [0, 0.05) is 25.5 Å². The highest BCUT2D eigenvalue weighted by Gasteiger charge is 2.19. The van der Waals surface area contributed by atoms with E-state index in [0.29, 0.717) is 36.6 Å². The molecular weight excluding hydrogens is 264 g/mol. The summed E-state index contributed by atoms with van der Waals surface area (Å²) >= 11 is 0. The number of rotatable bonds is 5. The number of carbonyl (C=O) groups is 1. The van der Waals surface area contributed by atoms with E-state index in [2.05, 4.69) is 22.9 Å². The second-order valence-electron chi connectivity index (χ2n) is 4.98. The van der Waals surface area contributed by atoms with Crippen molar-refractivity contribution in [2.45, 2.75) is 20.3 Å². The third kappa shape index (κ3) is 5.25. The zero-order valence-electron chi connectivity index (χ0n) is 12.5. The number of pyridine rings is 1. The van der Waals surface area contributed by atoms with Gasteiger partial charge in [-0.05, 0) is 12.0 Å². The maximum absolute atomic E-state index is 12.7. The number of hydrogen-bond acceptors (Lipinski definition) is 4. The Morgan fingerprint density at radius 1 is 1.52 bits per heavy atom. The fraction of sp³-hybridized carbons (Fsp3) is 0.438. The molecule has 5 heteroatoms. The highest BCUT2D eigenvalue weighted by atomic mass is 16.2. The van der Waals surface area contributed by atoms with Crippen molar-refractivity contribution in [3.05, 3.63) is 29.6 Å². The molecule has 1 aromatic rings. The van der Waals surface area contributed by atoms with Crippen LogP contribution in [0.1, 0.15) is 36.2 Å². The lowest BCUT2D eigenvalue weighted by atomic mass is 10.1. The molecule has 0 aliphatic heterocycles. The van der Waals surface area contributed by atoms with Crippen molar-refractivity contribution >= 4 is 5.91 Å². The first-order valence-electron chi connectivity index (χ1n) is 6.89. The normalized spacial score (nSPS) is 9.67. The van der Waals surface area contributed by atoms with E-state index in [1.54, 1.807) is 23.4 Å². The third-order valence-corrected chi connectivity index (χ3v) is 2.74. The summed E-state index contributed by atoms with van der Waals surface area (Å²) in [6.45, 7) is 5.32. The highest BCUT2D eigenvalue weighted by Crippen LogP contribution is 2.12. The van der Waals surface area contributed by atoms with Crippen molar-refractivity contribution in [3.8, 4) is 17.9 Å². The Hall–Kier alpha value is -2.37. The molecule has 110 valence electrons. The van der Waals surface area contributed by atoms with E-state index in [4.69, 9.17) is 11.0 Å². The summed E-state index contributed by atoms with van der Waals surface area (Å²) in [6, 6.07) is 3.73. The Morgan fingerprint density at radius 3 is 2.90 bits per heavy atom. The second-order valence-corrected chi connectivity index (χ2v) is 4.98. The summed E-state index contributed by atoms with van der Waals surface area (Å²) in [5, 5.41) is 8.74. The first-order chi connectivity index (χ1) is 10.1. The minimum absolute atomic E-state index is 0.123. The molecule has 1 amide bonds. The summed E-state index contributed by atoms with van der Waals surface area (Å²) in [5.74, 6) is 5.81. The second kappa shape index (κ2) is 8.73. The minimum Gasteiger partial charge on any atom is -0.337 e. The predicted octanol–water partition coefficient (Wildman–Crippen LogP) is 1.40. The molecule has 0 aromatic carbocycles. The molecule has 0 radical (unpaired) electrons. The molecule has 0 fully saturated rings. The summed E-state index contributed by atoms with van der Waals surface area (Å²) in [5.41, 5.74) is 6.44. The molecule has 2 N–H and O–H groups in total. The van der Waals surface area contributed by atoms with Crippen molar-refractivity contribution < 1.29 is 4.79 Å². The van der Waals surface area contributed by atoms with Gasteiger partial charge in [-0.15, -0.1) is 0 Å². The first kappa shape index (κ1) is 16.7. The Bertz CT molecular complexity index is 578. The van der Waals surface area contributed by atoms with Crippen LogP contribution in [0, 0.1) is 29.1 Å². The highest BCUT2D eigenvalue weighted by molar-refractivity contribution is 5.96. The fourth-order valence-electron chi connectivity index (χ4n) is 1.90. The van der Waals surface area contributed by atoms with E-state index in [-0.39, 0.29) is 12.5 Å². The van der Waals surface area contributed by atoms with Gasteiger partial charge in [0.2, 0.25) is 0 Å². The topological polar surface area (TPSA) is 83.0 Å². The minimum atomic E-state index is -0.123. The van der Waals surface area contributed by atoms with Gasteiger partial charge < -0.3 is 10.6 Å². The Labute approximate surface area is 125 Å². The van der Waals surface area contributed by atoms with E-state index in [1.165, 1.54) is 0 Å². The number of hydrogen-bond donors (Lipinski definition) is 1. The van der Waals surface area contributed by atoms with Gasteiger partial charge in [0.1, 0.15) is 0 Å². The van der Waals surface area contributed by atoms with Crippen LogP contribution >= 0.6 is 0 Å². The molecule has 0 bridgehead atoms. The van der Waals surface area contributed by atoms with Crippen LogP contribution in [0.15, 0.2) is 18.5 Å². The fourth-order valence-corrected chi connectivity index (χ4v) is 1.90. The number of nitrogens with zero attached hydrogens (tertiary/aromatic N) is 3. The summed E-state index contributed by atoms with van der Waals surface area (Å²) < 4.78 is 0. The molecule has 0 spiro atoms. The van der Waals surface area contributed by atoms with E-state index >= 15 is 0 Å². The van der Waals surface area contributed by atoms with Crippen LogP contribution in [0.2, 0.25) is 0 Å². The molecule has 0 atom stereocenters. The maximum atomic E-state index is 12.7. The molecule has 1 aromatic heterocycles. The van der Waals surface area contributed by atoms with Gasteiger partial charge in [-0.2, -0.15) is 5.26 Å². The van der Waals surface area contributed by atoms with Crippen LogP contribution in [-0.2, 0) is 0 Å². The lowest BCUT2D eigenvalue weighted by Crippen LogP contribution is -2.35. The van der Waals surface area contributed by atoms with Crippen molar-refractivity contribution in [3.63, 3.8) is 0 Å². The van der Waals surface area contributed by atoms with Crippen molar-refractivity contribution in [2.24, 2.45) is 11.7 Å². The SMILES string of the molecule is CC(C)CN(CCC#N)C(=O)c1ccncc1C#CCN. The largest absolute Gasteiger partial charge is 0.337 e. The van der Waals surface area contributed by atoms with Gasteiger partial charge in [-0.3, -0.25) is 9.78 Å². The number of amides is 1. The van der Waals surface area contributed by atoms with E-state index < -0.39 is 0 Å². The summed E-state index contributed by atoms with van der Waals surface area (Å²) in [4.78, 5) is 18.3. The number of nitrogens with two attached hydrogens (primary N) is 1. The van der Waals surface area contributed by atoms with Crippen LogP contribution in [0.4, 0.5) is 0 Å². The Morgan fingerprint density at radius 2 is 2.29 bits per heavy atom. The van der Waals surface area contributed by atoms with Gasteiger partial charge in [-0.25, -0.2) is 0 Å². The molecule has 1 rings (SSSR count). The van der Waals surface area contributed by atoms with E-state index in [0.717, 1.165) is 0 Å². The molecule has 0 aliphatic carbocycles. The van der Waals surface area contributed by atoms with Crippen molar-refractivity contribution in [1.82, 2.24) is 9.88 Å². The monoisotopic (exact) mass is 284 g/mol. The van der Waals surface area contributed by atoms with Gasteiger partial charge >= 0.3 is 0 Å². The van der Waals surface area contributed by atoms with Gasteiger partial charge in [-0.1, -0.05) is 25.7 Å². The van der Waals surface area contributed by atoms with Gasteiger partial charge in [0.15, 0.2) is 0 Å². The quantitative estimate of drug-likeness (QED) is 0.829. The van der Waals surface area contributed by atoms with Crippen LogP contribution in [-0.4, -0.2) is 35.4 Å².